The summed E-state index contributed by atoms with van der Waals surface area (Å²) in [4.78, 5) is 29.4. The molecule has 0 saturated carbocycles. The molecule has 122 valence electrons. The highest BCUT2D eigenvalue weighted by Gasteiger charge is 2.10. The summed E-state index contributed by atoms with van der Waals surface area (Å²) in [5, 5.41) is 4.57. The molecule has 0 aliphatic heterocycles. The number of amides is 2. The number of fused-ring (bicyclic) bond motifs is 1. The van der Waals surface area contributed by atoms with Crippen LogP contribution in [-0.4, -0.2) is 48.1 Å². The minimum absolute atomic E-state index is 0.0235. The van der Waals surface area contributed by atoms with Gasteiger partial charge in [-0.1, -0.05) is 30.0 Å². The molecular weight excluding hydrogens is 310 g/mol. The standard InChI is InChI=1S/C17H21N3O2S/c1-11-6-5-7-13-12(2)8-15(19-17(11)13)23-10-14(21)18-9-16(22)20(3)4/h5-8H,9-10H2,1-4H3,(H,18,21). The smallest absolute Gasteiger partial charge is 0.241 e. The molecule has 1 N–H and O–H groups in total. The van der Waals surface area contributed by atoms with Crippen molar-refractivity contribution in [3.63, 3.8) is 0 Å². The minimum Gasteiger partial charge on any atom is -0.347 e. The Hall–Kier alpha value is -2.08. The van der Waals surface area contributed by atoms with Gasteiger partial charge < -0.3 is 10.2 Å². The minimum atomic E-state index is -0.172. The van der Waals surface area contributed by atoms with Crippen molar-refractivity contribution in [1.82, 2.24) is 15.2 Å². The molecule has 0 aliphatic carbocycles. The van der Waals surface area contributed by atoms with E-state index in [0.29, 0.717) is 0 Å². The van der Waals surface area contributed by atoms with Crippen LogP contribution in [0.15, 0.2) is 29.3 Å². The number of hydrogen-bond acceptors (Lipinski definition) is 4. The van der Waals surface area contributed by atoms with Gasteiger partial charge in [0.2, 0.25) is 11.8 Å². The van der Waals surface area contributed by atoms with E-state index in [1.807, 2.05) is 32.0 Å². The summed E-state index contributed by atoms with van der Waals surface area (Å²) < 4.78 is 0. The Balaban J connectivity index is 2.01. The summed E-state index contributed by atoms with van der Waals surface area (Å²) in [5.74, 6) is -0.0574. The first-order valence-corrected chi connectivity index (χ1v) is 8.33. The van der Waals surface area contributed by atoms with E-state index in [1.54, 1.807) is 14.1 Å². The third-order valence-electron chi connectivity index (χ3n) is 3.51. The molecule has 0 unspecified atom stereocenters. The molecule has 0 atom stereocenters. The third-order valence-corrected chi connectivity index (χ3v) is 4.42. The van der Waals surface area contributed by atoms with Crippen LogP contribution in [-0.2, 0) is 9.59 Å². The fraction of sp³-hybridized carbons (Fsp3) is 0.353. The Labute approximate surface area is 140 Å². The van der Waals surface area contributed by atoms with Gasteiger partial charge in [0, 0.05) is 19.5 Å². The molecule has 6 heteroatoms. The maximum atomic E-state index is 11.8. The van der Waals surface area contributed by atoms with E-state index < -0.39 is 0 Å². The highest BCUT2D eigenvalue weighted by Crippen LogP contribution is 2.25. The lowest BCUT2D eigenvalue weighted by Crippen LogP contribution is -2.36. The number of pyridine rings is 1. The van der Waals surface area contributed by atoms with E-state index in [2.05, 4.69) is 16.4 Å². The Morgan fingerprint density at radius 2 is 1.96 bits per heavy atom. The Morgan fingerprint density at radius 1 is 1.22 bits per heavy atom. The molecule has 2 amide bonds. The zero-order valence-corrected chi connectivity index (χ0v) is 14.7. The monoisotopic (exact) mass is 331 g/mol. The van der Waals surface area contributed by atoms with Gasteiger partial charge >= 0.3 is 0 Å². The quantitative estimate of drug-likeness (QED) is 0.853. The van der Waals surface area contributed by atoms with Crippen molar-refractivity contribution in [3.05, 3.63) is 35.4 Å². The summed E-state index contributed by atoms with van der Waals surface area (Å²) >= 11 is 1.38. The Kier molecular flexibility index (Phi) is 5.60. The largest absolute Gasteiger partial charge is 0.347 e. The SMILES string of the molecule is Cc1cc(SCC(=O)NCC(=O)N(C)C)nc2c(C)cccc12. The third kappa shape index (κ3) is 4.45. The fourth-order valence-electron chi connectivity index (χ4n) is 2.13. The van der Waals surface area contributed by atoms with Crippen molar-refractivity contribution in [2.24, 2.45) is 0 Å². The van der Waals surface area contributed by atoms with Gasteiger partial charge in [-0.05, 0) is 31.0 Å². The number of para-hydroxylation sites is 1. The van der Waals surface area contributed by atoms with Gasteiger partial charge in [-0.25, -0.2) is 4.98 Å². The van der Waals surface area contributed by atoms with Crippen molar-refractivity contribution in [3.8, 4) is 0 Å². The Bertz CT molecular complexity index is 744. The Morgan fingerprint density at radius 3 is 2.65 bits per heavy atom. The normalized spacial score (nSPS) is 10.6. The number of carbonyl (C=O) groups is 2. The van der Waals surface area contributed by atoms with E-state index in [4.69, 9.17) is 0 Å². The lowest BCUT2D eigenvalue weighted by Gasteiger charge is -2.11. The van der Waals surface area contributed by atoms with Crippen LogP contribution < -0.4 is 5.32 Å². The van der Waals surface area contributed by atoms with Crippen LogP contribution >= 0.6 is 11.8 Å². The second-order valence-corrected chi connectivity index (χ2v) is 6.60. The second-order valence-electron chi connectivity index (χ2n) is 5.60. The summed E-state index contributed by atoms with van der Waals surface area (Å²) in [5.41, 5.74) is 3.23. The molecule has 0 fully saturated rings. The van der Waals surface area contributed by atoms with E-state index >= 15 is 0 Å². The van der Waals surface area contributed by atoms with Crippen LogP contribution in [0.1, 0.15) is 11.1 Å². The van der Waals surface area contributed by atoms with Crippen molar-refractivity contribution in [2.45, 2.75) is 18.9 Å². The molecule has 0 bridgehead atoms. The van der Waals surface area contributed by atoms with E-state index in [1.165, 1.54) is 16.7 Å². The molecule has 5 nitrogen and oxygen atoms in total. The van der Waals surface area contributed by atoms with Crippen molar-refractivity contribution in [2.75, 3.05) is 26.4 Å². The van der Waals surface area contributed by atoms with Gasteiger partial charge in [-0.2, -0.15) is 0 Å². The number of aromatic nitrogens is 1. The van der Waals surface area contributed by atoms with E-state index in [9.17, 15) is 9.59 Å². The fourth-order valence-corrected chi connectivity index (χ4v) is 2.92. The predicted octanol–water partition coefficient (Wildman–Crippen LogP) is 2.15. The highest BCUT2D eigenvalue weighted by atomic mass is 32.2. The molecule has 0 radical (unpaired) electrons. The molecule has 0 saturated heterocycles. The highest BCUT2D eigenvalue weighted by molar-refractivity contribution is 7.99. The first kappa shape index (κ1) is 17.3. The average molecular weight is 331 g/mol. The molecule has 0 spiro atoms. The molecule has 0 aliphatic rings. The molecule has 2 rings (SSSR count). The van der Waals surface area contributed by atoms with Gasteiger partial charge in [-0.3, -0.25) is 9.59 Å². The summed E-state index contributed by atoms with van der Waals surface area (Å²) in [6.07, 6.45) is 0. The molecule has 1 aromatic carbocycles. The molecular formula is C17H21N3O2S. The van der Waals surface area contributed by atoms with Gasteiger partial charge in [0.1, 0.15) is 0 Å². The van der Waals surface area contributed by atoms with Crippen LogP contribution in [0.3, 0.4) is 0 Å². The second kappa shape index (κ2) is 7.46. The van der Waals surface area contributed by atoms with Crippen LogP contribution in [0.4, 0.5) is 0 Å². The zero-order valence-electron chi connectivity index (χ0n) is 13.8. The van der Waals surface area contributed by atoms with Crippen LogP contribution in [0.25, 0.3) is 10.9 Å². The molecule has 1 heterocycles. The number of likely N-dealkylation sites (N-methyl/N-ethyl adjacent to an activating group) is 1. The molecule has 1 aromatic heterocycles. The topological polar surface area (TPSA) is 62.3 Å². The zero-order chi connectivity index (χ0) is 17.0. The molecule has 23 heavy (non-hydrogen) atoms. The van der Waals surface area contributed by atoms with Crippen LogP contribution in [0.2, 0.25) is 0 Å². The van der Waals surface area contributed by atoms with Gasteiger partial charge in [0.15, 0.2) is 0 Å². The molecule has 2 aromatic rings. The number of aryl methyl sites for hydroxylation is 2. The average Bonchev–Trinajstić information content (AvgIpc) is 2.51. The van der Waals surface area contributed by atoms with Gasteiger partial charge in [-0.15, -0.1) is 0 Å². The van der Waals surface area contributed by atoms with Gasteiger partial charge in [0.05, 0.1) is 22.8 Å². The number of hydrogen-bond donors (Lipinski definition) is 1. The first-order chi connectivity index (χ1) is 10.9. The summed E-state index contributed by atoms with van der Waals surface area (Å²) in [6, 6.07) is 8.10. The number of thioether (sulfide) groups is 1. The van der Waals surface area contributed by atoms with E-state index in [0.717, 1.165) is 27.1 Å². The van der Waals surface area contributed by atoms with Gasteiger partial charge in [0.25, 0.3) is 0 Å². The van der Waals surface area contributed by atoms with Crippen molar-refractivity contribution in [1.29, 1.82) is 0 Å². The van der Waals surface area contributed by atoms with Crippen molar-refractivity contribution >= 4 is 34.5 Å². The maximum absolute atomic E-state index is 11.8. The summed E-state index contributed by atoms with van der Waals surface area (Å²) in [7, 11) is 3.32. The van der Waals surface area contributed by atoms with Crippen LogP contribution in [0, 0.1) is 13.8 Å². The number of nitrogens with one attached hydrogen (secondary N) is 1. The maximum Gasteiger partial charge on any atom is 0.241 e. The van der Waals surface area contributed by atoms with Crippen LogP contribution in [0.5, 0.6) is 0 Å². The lowest BCUT2D eigenvalue weighted by molar-refractivity contribution is -0.130. The van der Waals surface area contributed by atoms with Crippen molar-refractivity contribution < 1.29 is 9.59 Å². The predicted molar refractivity (Wildman–Crippen MR) is 93.6 cm³/mol. The number of rotatable bonds is 5. The number of carbonyl (C=O) groups excluding carboxylic acids is 2. The first-order valence-electron chi connectivity index (χ1n) is 7.35. The number of nitrogens with zero attached hydrogens (tertiary/aromatic N) is 2. The summed E-state index contributed by atoms with van der Waals surface area (Å²) in [6.45, 7) is 4.10. The van der Waals surface area contributed by atoms with E-state index in [-0.39, 0.29) is 24.1 Å². The lowest BCUT2D eigenvalue weighted by atomic mass is 10.1. The number of benzene rings is 1.